The Hall–Kier alpha value is -0.580. The highest BCUT2D eigenvalue weighted by Crippen LogP contribution is 2.33. The lowest BCUT2D eigenvalue weighted by molar-refractivity contribution is 0.128. The van der Waals surface area contributed by atoms with Crippen molar-refractivity contribution in [1.82, 2.24) is 0 Å². The molecule has 0 saturated carbocycles. The number of hydrogen-bond donors (Lipinski definition) is 2. The third kappa shape index (κ3) is 6.76. The van der Waals surface area contributed by atoms with E-state index >= 15 is 0 Å². The van der Waals surface area contributed by atoms with Crippen molar-refractivity contribution in [3.63, 3.8) is 0 Å². The van der Waals surface area contributed by atoms with Gasteiger partial charge in [0.15, 0.2) is 0 Å². The van der Waals surface area contributed by atoms with Crippen molar-refractivity contribution in [1.29, 1.82) is 0 Å². The van der Waals surface area contributed by atoms with Crippen molar-refractivity contribution in [2.24, 2.45) is 0 Å². The summed E-state index contributed by atoms with van der Waals surface area (Å²) in [5.74, 6) is 1.52. The number of halogens is 2. The van der Waals surface area contributed by atoms with Crippen molar-refractivity contribution >= 4 is 45.2 Å². The zero-order chi connectivity index (χ0) is 19.9. The van der Waals surface area contributed by atoms with Crippen molar-refractivity contribution in [3.05, 3.63) is 59.7 Å². The average molecular weight is 596 g/mol. The number of benzene rings is 2. The summed E-state index contributed by atoms with van der Waals surface area (Å²) in [6, 6.07) is 16.0. The summed E-state index contributed by atoms with van der Waals surface area (Å²) < 4.78 is 12.5. The van der Waals surface area contributed by atoms with Crippen LogP contribution in [0.3, 0.4) is 0 Å². The van der Waals surface area contributed by atoms with Crippen molar-refractivity contribution < 1.29 is 19.7 Å². The van der Waals surface area contributed by atoms with Crippen LogP contribution in [-0.4, -0.2) is 44.5 Å². The Kier molecular flexibility index (Phi) is 9.10. The van der Waals surface area contributed by atoms with Crippen LogP contribution in [0.5, 0.6) is 11.5 Å². The van der Waals surface area contributed by atoms with Crippen molar-refractivity contribution in [3.8, 4) is 11.5 Å². The van der Waals surface area contributed by atoms with E-state index in [9.17, 15) is 10.2 Å². The highest BCUT2D eigenvalue weighted by molar-refractivity contribution is 14.1. The zero-order valence-corrected chi connectivity index (χ0v) is 19.9. The SMILES string of the molecule is CC(C)(c1ccc(OCC(O)CI)cc1)c1ccc(OCC(O)CI)cc1. The Morgan fingerprint density at radius 3 is 1.37 bits per heavy atom. The Labute approximate surface area is 188 Å². The fourth-order valence-corrected chi connectivity index (χ4v) is 3.08. The molecule has 2 aromatic carbocycles. The maximum Gasteiger partial charge on any atom is 0.119 e. The van der Waals surface area contributed by atoms with E-state index in [0.29, 0.717) is 22.1 Å². The monoisotopic (exact) mass is 596 g/mol. The average Bonchev–Trinajstić information content (AvgIpc) is 2.70. The van der Waals surface area contributed by atoms with Gasteiger partial charge in [0.2, 0.25) is 0 Å². The Bertz CT molecular complexity index is 627. The normalized spacial score (nSPS) is 13.9. The standard InChI is InChI=1S/C21H26I2O4/c1-21(2,15-3-7-19(8-4-15)26-13-17(24)11-22)16-5-9-20(10-6-16)27-14-18(25)12-23/h3-10,17-18,24-25H,11-14H2,1-2H3. The zero-order valence-electron chi connectivity index (χ0n) is 15.6. The van der Waals surface area contributed by atoms with Crippen LogP contribution in [0.25, 0.3) is 0 Å². The van der Waals surface area contributed by atoms with Crippen LogP contribution in [0.1, 0.15) is 25.0 Å². The maximum atomic E-state index is 9.60. The van der Waals surface area contributed by atoms with Crippen molar-refractivity contribution in [2.45, 2.75) is 31.5 Å². The van der Waals surface area contributed by atoms with Crippen LogP contribution < -0.4 is 9.47 Å². The number of hydrogen-bond acceptors (Lipinski definition) is 4. The van der Waals surface area contributed by atoms with Gasteiger partial charge in [-0.3, -0.25) is 0 Å². The molecule has 0 aliphatic rings. The molecule has 2 aromatic rings. The summed E-state index contributed by atoms with van der Waals surface area (Å²) in [5.41, 5.74) is 2.19. The maximum absolute atomic E-state index is 9.60. The molecule has 2 rings (SSSR count). The summed E-state index contributed by atoms with van der Waals surface area (Å²) in [4.78, 5) is 0. The molecule has 0 heterocycles. The predicted octanol–water partition coefficient (Wildman–Crippen LogP) is 4.36. The minimum Gasteiger partial charge on any atom is -0.491 e. The smallest absolute Gasteiger partial charge is 0.119 e. The van der Waals surface area contributed by atoms with Gasteiger partial charge in [-0.25, -0.2) is 0 Å². The Balaban J connectivity index is 2.04. The van der Waals surface area contributed by atoms with Gasteiger partial charge in [0.25, 0.3) is 0 Å². The van der Waals surface area contributed by atoms with Crippen LogP contribution in [0, 0.1) is 0 Å². The topological polar surface area (TPSA) is 58.9 Å². The van der Waals surface area contributed by atoms with E-state index in [-0.39, 0.29) is 5.41 Å². The van der Waals surface area contributed by atoms with E-state index in [4.69, 9.17) is 9.47 Å². The molecule has 6 heteroatoms. The third-order valence-corrected chi connectivity index (χ3v) is 6.43. The second-order valence-electron chi connectivity index (χ2n) is 6.91. The molecule has 0 aromatic heterocycles. The molecular formula is C21H26I2O4. The molecule has 2 atom stereocenters. The number of rotatable bonds is 10. The molecular weight excluding hydrogens is 570 g/mol. The van der Waals surface area contributed by atoms with Gasteiger partial charge in [-0.05, 0) is 35.4 Å². The Morgan fingerprint density at radius 1 is 0.741 bits per heavy atom. The molecule has 0 amide bonds. The summed E-state index contributed by atoms with van der Waals surface area (Å²) in [6.45, 7) is 4.97. The molecule has 0 saturated heterocycles. The lowest BCUT2D eigenvalue weighted by Crippen LogP contribution is -2.20. The first kappa shape index (κ1) is 22.7. The molecule has 148 valence electrons. The van der Waals surface area contributed by atoms with Crippen LogP contribution in [0.15, 0.2) is 48.5 Å². The largest absolute Gasteiger partial charge is 0.491 e. The number of ether oxygens (including phenoxy) is 2. The van der Waals surface area contributed by atoms with Gasteiger partial charge >= 0.3 is 0 Å². The first-order valence-electron chi connectivity index (χ1n) is 8.81. The molecule has 2 unspecified atom stereocenters. The van der Waals surface area contributed by atoms with Gasteiger partial charge < -0.3 is 19.7 Å². The molecule has 4 nitrogen and oxygen atoms in total. The lowest BCUT2D eigenvalue weighted by Gasteiger charge is -2.26. The van der Waals surface area contributed by atoms with Gasteiger partial charge in [0.05, 0.1) is 12.2 Å². The van der Waals surface area contributed by atoms with E-state index in [2.05, 4.69) is 83.3 Å². The molecule has 0 aliphatic carbocycles. The predicted molar refractivity (Wildman–Crippen MR) is 126 cm³/mol. The van der Waals surface area contributed by atoms with E-state index in [1.807, 2.05) is 24.3 Å². The molecule has 0 fully saturated rings. The fourth-order valence-electron chi connectivity index (χ4n) is 2.58. The second-order valence-corrected chi connectivity index (χ2v) is 8.67. The third-order valence-electron chi connectivity index (χ3n) is 4.39. The number of aliphatic hydroxyl groups is 2. The summed E-state index contributed by atoms with van der Waals surface area (Å²) in [5, 5.41) is 19.2. The first-order chi connectivity index (χ1) is 12.9. The number of alkyl halides is 2. The quantitative estimate of drug-likeness (QED) is 0.317. The number of aliphatic hydroxyl groups excluding tert-OH is 2. The van der Waals surface area contributed by atoms with E-state index in [0.717, 1.165) is 11.5 Å². The van der Waals surface area contributed by atoms with Gasteiger partial charge in [0, 0.05) is 14.3 Å². The fraction of sp³-hybridized carbons (Fsp3) is 0.429. The molecule has 2 N–H and O–H groups in total. The van der Waals surface area contributed by atoms with Crippen LogP contribution in [0.2, 0.25) is 0 Å². The second kappa shape index (κ2) is 10.8. The molecule has 0 radical (unpaired) electrons. The van der Waals surface area contributed by atoms with E-state index < -0.39 is 12.2 Å². The summed E-state index contributed by atoms with van der Waals surface area (Å²) in [6.07, 6.45) is -0.888. The van der Waals surface area contributed by atoms with Gasteiger partial charge in [-0.2, -0.15) is 0 Å². The minimum absolute atomic E-state index is 0.166. The molecule has 27 heavy (non-hydrogen) atoms. The van der Waals surface area contributed by atoms with E-state index in [1.54, 1.807) is 0 Å². The summed E-state index contributed by atoms with van der Waals surface area (Å²) >= 11 is 4.28. The van der Waals surface area contributed by atoms with Crippen LogP contribution in [-0.2, 0) is 5.41 Å². The van der Waals surface area contributed by atoms with E-state index in [1.165, 1.54) is 11.1 Å². The minimum atomic E-state index is -0.444. The molecule has 0 aliphatic heterocycles. The lowest BCUT2D eigenvalue weighted by atomic mass is 9.78. The highest BCUT2D eigenvalue weighted by Gasteiger charge is 2.23. The van der Waals surface area contributed by atoms with Crippen LogP contribution in [0.4, 0.5) is 0 Å². The van der Waals surface area contributed by atoms with Crippen LogP contribution >= 0.6 is 45.2 Å². The summed E-state index contributed by atoms with van der Waals surface area (Å²) in [7, 11) is 0. The van der Waals surface area contributed by atoms with Gasteiger partial charge in [0.1, 0.15) is 24.7 Å². The Morgan fingerprint density at radius 2 is 1.07 bits per heavy atom. The first-order valence-corrected chi connectivity index (χ1v) is 11.9. The van der Waals surface area contributed by atoms with Gasteiger partial charge in [-0.1, -0.05) is 83.3 Å². The highest BCUT2D eigenvalue weighted by atomic mass is 127. The molecule has 0 bridgehead atoms. The molecule has 0 spiro atoms. The van der Waals surface area contributed by atoms with Gasteiger partial charge in [-0.15, -0.1) is 0 Å². The van der Waals surface area contributed by atoms with Crippen molar-refractivity contribution in [2.75, 3.05) is 22.1 Å².